The van der Waals surface area contributed by atoms with Gasteiger partial charge >= 0.3 is 0 Å². The zero-order chi connectivity index (χ0) is 15.8. The quantitative estimate of drug-likeness (QED) is 0.779. The van der Waals surface area contributed by atoms with Crippen LogP contribution in [0.5, 0.6) is 5.75 Å². The normalized spacial score (nSPS) is 18.9. The summed E-state index contributed by atoms with van der Waals surface area (Å²) < 4.78 is 32.5. The summed E-state index contributed by atoms with van der Waals surface area (Å²) in [5.41, 5.74) is 0.553. The molecule has 1 aromatic rings. The van der Waals surface area contributed by atoms with Crippen LogP contribution in [0.15, 0.2) is 17.0 Å². The first-order chi connectivity index (χ1) is 9.71. The number of hydrogen-bond donors (Lipinski definition) is 0. The van der Waals surface area contributed by atoms with Crippen molar-refractivity contribution in [2.45, 2.75) is 31.0 Å². The highest BCUT2D eigenvalue weighted by molar-refractivity contribution is 7.89. The van der Waals surface area contributed by atoms with Crippen LogP contribution in [-0.2, 0) is 15.9 Å². The van der Waals surface area contributed by atoms with Gasteiger partial charge < -0.3 is 4.74 Å². The second-order valence-corrected chi connectivity index (χ2v) is 8.59. The number of halogens is 2. The molecule has 1 fully saturated rings. The van der Waals surface area contributed by atoms with E-state index in [0.29, 0.717) is 23.7 Å². The minimum atomic E-state index is -3.64. The number of ether oxygens (including phenoxy) is 1. The lowest BCUT2D eigenvalue weighted by Crippen LogP contribution is -2.30. The first kappa shape index (κ1) is 16.9. The van der Waals surface area contributed by atoms with Gasteiger partial charge in [-0.15, -0.1) is 11.6 Å². The number of benzene rings is 1. The zero-order valence-electron chi connectivity index (χ0n) is 12.3. The van der Waals surface area contributed by atoms with Crippen molar-refractivity contribution >= 4 is 33.2 Å². The lowest BCUT2D eigenvalue weighted by Gasteiger charge is -2.21. The standard InChI is InChI=1S/C14H19Cl2NO3S/c1-14(2)4-5-17(9-14)21(18,19)12-7-11(16)6-10(8-15)13(12)20-3/h6-7H,4-5,8-9H2,1-3H3. The van der Waals surface area contributed by atoms with Gasteiger partial charge in [-0.3, -0.25) is 0 Å². The maximum Gasteiger partial charge on any atom is 0.246 e. The molecule has 0 atom stereocenters. The minimum Gasteiger partial charge on any atom is -0.495 e. The van der Waals surface area contributed by atoms with Crippen LogP contribution in [0.2, 0.25) is 5.02 Å². The number of alkyl halides is 1. The van der Waals surface area contributed by atoms with Crippen molar-refractivity contribution in [2.75, 3.05) is 20.2 Å². The van der Waals surface area contributed by atoms with Crippen LogP contribution in [0.25, 0.3) is 0 Å². The maximum absolute atomic E-state index is 12.9. The molecule has 7 heteroatoms. The highest BCUT2D eigenvalue weighted by atomic mass is 35.5. The van der Waals surface area contributed by atoms with Gasteiger partial charge in [0, 0.05) is 23.7 Å². The van der Waals surface area contributed by atoms with Gasteiger partial charge in [0.2, 0.25) is 10.0 Å². The van der Waals surface area contributed by atoms with E-state index in [1.807, 2.05) is 0 Å². The Labute approximate surface area is 136 Å². The van der Waals surface area contributed by atoms with Crippen molar-refractivity contribution in [3.63, 3.8) is 0 Å². The molecule has 0 N–H and O–H groups in total. The van der Waals surface area contributed by atoms with Gasteiger partial charge in [-0.1, -0.05) is 25.4 Å². The van der Waals surface area contributed by atoms with Gasteiger partial charge in [0.05, 0.1) is 13.0 Å². The Morgan fingerprint density at radius 1 is 1.38 bits per heavy atom. The molecule has 0 radical (unpaired) electrons. The highest BCUT2D eigenvalue weighted by Crippen LogP contribution is 2.38. The first-order valence-corrected chi connectivity index (χ1v) is 8.99. The molecule has 1 saturated heterocycles. The van der Waals surface area contributed by atoms with Gasteiger partial charge in [0.25, 0.3) is 0 Å². The Kier molecular flexibility index (Phi) is 4.78. The summed E-state index contributed by atoms with van der Waals surface area (Å²) in [4.78, 5) is 0.0888. The predicted octanol–water partition coefficient (Wildman–Crippen LogP) is 3.51. The van der Waals surface area contributed by atoms with Crippen LogP contribution >= 0.6 is 23.2 Å². The highest BCUT2D eigenvalue weighted by Gasteiger charge is 2.38. The number of hydrogen-bond acceptors (Lipinski definition) is 3. The summed E-state index contributed by atoms with van der Waals surface area (Å²) in [6, 6.07) is 3.05. The van der Waals surface area contributed by atoms with E-state index in [1.54, 1.807) is 6.07 Å². The van der Waals surface area contributed by atoms with Crippen LogP contribution in [0.4, 0.5) is 0 Å². The molecule has 1 aromatic carbocycles. The second kappa shape index (κ2) is 5.95. The summed E-state index contributed by atoms with van der Waals surface area (Å²) in [6.45, 7) is 5.10. The molecule has 0 aromatic heterocycles. The molecule has 0 spiro atoms. The molecular weight excluding hydrogens is 333 g/mol. The third kappa shape index (κ3) is 3.31. The van der Waals surface area contributed by atoms with Crippen molar-refractivity contribution in [1.29, 1.82) is 0 Å². The van der Waals surface area contributed by atoms with Crippen LogP contribution < -0.4 is 4.74 Å². The average Bonchev–Trinajstić information content (AvgIpc) is 2.78. The average molecular weight is 352 g/mol. The van der Waals surface area contributed by atoms with Gasteiger partial charge in [0.1, 0.15) is 10.6 Å². The third-order valence-electron chi connectivity index (χ3n) is 3.70. The van der Waals surface area contributed by atoms with Gasteiger partial charge in [-0.2, -0.15) is 4.31 Å². The second-order valence-electron chi connectivity index (χ2n) is 5.98. The molecule has 0 aliphatic carbocycles. The fourth-order valence-corrected chi connectivity index (χ4v) is 4.91. The van der Waals surface area contributed by atoms with Crippen LogP contribution in [0, 0.1) is 5.41 Å². The number of methoxy groups -OCH3 is 1. The van der Waals surface area contributed by atoms with E-state index in [9.17, 15) is 8.42 Å². The Morgan fingerprint density at radius 2 is 2.05 bits per heavy atom. The van der Waals surface area contributed by atoms with Crippen LogP contribution in [0.3, 0.4) is 0 Å². The SMILES string of the molecule is COc1c(CCl)cc(Cl)cc1S(=O)(=O)N1CCC(C)(C)C1. The zero-order valence-corrected chi connectivity index (χ0v) is 14.6. The maximum atomic E-state index is 12.9. The minimum absolute atomic E-state index is 0.0196. The monoisotopic (exact) mass is 351 g/mol. The lowest BCUT2D eigenvalue weighted by molar-refractivity contribution is 0.370. The molecular formula is C14H19Cl2NO3S. The summed E-state index contributed by atoms with van der Waals surface area (Å²) in [5, 5.41) is 0.337. The van der Waals surface area contributed by atoms with E-state index in [4.69, 9.17) is 27.9 Å². The smallest absolute Gasteiger partial charge is 0.246 e. The first-order valence-electron chi connectivity index (χ1n) is 6.64. The van der Waals surface area contributed by atoms with E-state index in [0.717, 1.165) is 6.42 Å². The van der Waals surface area contributed by atoms with Crippen molar-refractivity contribution in [3.05, 3.63) is 22.7 Å². The Hall–Kier alpha value is -0.490. The molecule has 0 bridgehead atoms. The van der Waals surface area contributed by atoms with Gasteiger partial charge in [-0.05, 0) is 24.0 Å². The van der Waals surface area contributed by atoms with Crippen molar-refractivity contribution < 1.29 is 13.2 Å². The molecule has 0 amide bonds. The molecule has 1 aliphatic heterocycles. The lowest BCUT2D eigenvalue weighted by atomic mass is 9.93. The Morgan fingerprint density at radius 3 is 2.52 bits per heavy atom. The largest absolute Gasteiger partial charge is 0.495 e. The molecule has 118 valence electrons. The molecule has 4 nitrogen and oxygen atoms in total. The fraction of sp³-hybridized carbons (Fsp3) is 0.571. The molecule has 21 heavy (non-hydrogen) atoms. The predicted molar refractivity (Wildman–Crippen MR) is 84.7 cm³/mol. The summed E-state index contributed by atoms with van der Waals surface area (Å²) in [5.74, 6) is 0.414. The molecule has 2 rings (SSSR count). The third-order valence-corrected chi connectivity index (χ3v) is 6.06. The molecule has 1 heterocycles. The van der Waals surface area contributed by atoms with Crippen LogP contribution in [-0.4, -0.2) is 32.9 Å². The van der Waals surface area contributed by atoms with Crippen molar-refractivity contribution in [3.8, 4) is 5.75 Å². The summed E-state index contributed by atoms with van der Waals surface area (Å²) in [7, 11) is -2.21. The van der Waals surface area contributed by atoms with E-state index < -0.39 is 10.0 Å². The van der Waals surface area contributed by atoms with E-state index in [1.165, 1.54) is 17.5 Å². The van der Waals surface area contributed by atoms with Crippen molar-refractivity contribution in [2.24, 2.45) is 5.41 Å². The van der Waals surface area contributed by atoms with Gasteiger partial charge in [-0.25, -0.2) is 8.42 Å². The van der Waals surface area contributed by atoms with Crippen molar-refractivity contribution in [1.82, 2.24) is 4.31 Å². The summed E-state index contributed by atoms with van der Waals surface area (Å²) >= 11 is 11.9. The van der Waals surface area contributed by atoms with E-state index >= 15 is 0 Å². The van der Waals surface area contributed by atoms with E-state index in [2.05, 4.69) is 13.8 Å². The number of sulfonamides is 1. The van der Waals surface area contributed by atoms with E-state index in [-0.39, 0.29) is 21.9 Å². The van der Waals surface area contributed by atoms with Gasteiger partial charge in [0.15, 0.2) is 0 Å². The summed E-state index contributed by atoms with van der Waals surface area (Å²) in [6.07, 6.45) is 0.831. The topological polar surface area (TPSA) is 46.6 Å². The molecule has 0 unspecified atom stereocenters. The number of rotatable bonds is 4. The molecule has 0 saturated carbocycles. The molecule has 1 aliphatic rings. The fourth-order valence-electron chi connectivity index (χ4n) is 2.55. The Balaban J connectivity index is 2.52. The Bertz CT molecular complexity index is 644. The van der Waals surface area contributed by atoms with Crippen LogP contribution in [0.1, 0.15) is 25.8 Å². The number of nitrogens with zero attached hydrogens (tertiary/aromatic N) is 1.